The molecule has 1 aliphatic carbocycles. The van der Waals surface area contributed by atoms with E-state index in [-0.39, 0.29) is 35.6 Å². The van der Waals surface area contributed by atoms with Crippen LogP contribution >= 0.6 is 0 Å². The highest BCUT2D eigenvalue weighted by atomic mass is 16.5. The number of nitrogens with zero attached hydrogens (tertiary/aromatic N) is 1. The van der Waals surface area contributed by atoms with E-state index in [9.17, 15) is 4.79 Å². The standard InChI is InChI=1S/C18H27N3O2/c1-11(2)14(13-7-5-6-9-19-13)20-17(22)21-15-12-8-10-23-16(12)18(15,3)4/h5-7,9,11-12,14-16H,8,10H2,1-4H3,(H2,20,21,22)/t12-,14+,15-,16+/m1/s1. The lowest BCUT2D eigenvalue weighted by molar-refractivity contribution is -0.108. The molecule has 1 aromatic heterocycles. The number of urea groups is 1. The van der Waals surface area contributed by atoms with Crippen LogP contribution in [0.2, 0.25) is 0 Å². The minimum atomic E-state index is -0.113. The molecule has 4 atom stereocenters. The Balaban J connectivity index is 1.64. The number of aromatic nitrogens is 1. The first-order chi connectivity index (χ1) is 10.9. The van der Waals surface area contributed by atoms with Crippen molar-refractivity contribution in [2.24, 2.45) is 17.3 Å². The summed E-state index contributed by atoms with van der Waals surface area (Å²) >= 11 is 0. The number of hydrogen-bond donors (Lipinski definition) is 2. The topological polar surface area (TPSA) is 63.2 Å². The molecule has 0 bridgehead atoms. The Bertz CT molecular complexity index is 559. The van der Waals surface area contributed by atoms with Crippen LogP contribution in [0.5, 0.6) is 0 Å². The Labute approximate surface area is 138 Å². The van der Waals surface area contributed by atoms with Crippen molar-refractivity contribution >= 4 is 6.03 Å². The molecule has 126 valence electrons. The number of carbonyl (C=O) groups excluding carboxylic acids is 1. The molecule has 0 aromatic carbocycles. The van der Waals surface area contributed by atoms with Gasteiger partial charge in [-0.1, -0.05) is 33.8 Å². The molecule has 5 nitrogen and oxygen atoms in total. The summed E-state index contributed by atoms with van der Waals surface area (Å²) in [7, 11) is 0. The summed E-state index contributed by atoms with van der Waals surface area (Å²) in [5, 5.41) is 6.27. The second kappa shape index (κ2) is 6.11. The number of nitrogens with one attached hydrogen (secondary N) is 2. The summed E-state index contributed by atoms with van der Waals surface area (Å²) in [6, 6.07) is 5.77. The van der Waals surface area contributed by atoms with Crippen molar-refractivity contribution in [1.82, 2.24) is 15.6 Å². The highest BCUT2D eigenvalue weighted by Crippen LogP contribution is 2.52. The molecular weight excluding hydrogens is 290 g/mol. The lowest BCUT2D eigenvalue weighted by Crippen LogP contribution is -2.67. The van der Waals surface area contributed by atoms with Gasteiger partial charge < -0.3 is 15.4 Å². The molecule has 1 saturated carbocycles. The van der Waals surface area contributed by atoms with Gasteiger partial charge in [-0.15, -0.1) is 0 Å². The first kappa shape index (κ1) is 16.2. The van der Waals surface area contributed by atoms with Gasteiger partial charge in [-0.25, -0.2) is 4.79 Å². The molecule has 1 aliphatic heterocycles. The minimum Gasteiger partial charge on any atom is -0.377 e. The Morgan fingerprint density at radius 1 is 1.39 bits per heavy atom. The van der Waals surface area contributed by atoms with Crippen LogP contribution in [0.3, 0.4) is 0 Å². The highest BCUT2D eigenvalue weighted by molar-refractivity contribution is 5.75. The van der Waals surface area contributed by atoms with E-state index >= 15 is 0 Å². The van der Waals surface area contributed by atoms with Crippen LogP contribution in [0.1, 0.15) is 45.9 Å². The number of amides is 2. The van der Waals surface area contributed by atoms with Crippen molar-refractivity contribution in [2.75, 3.05) is 6.61 Å². The van der Waals surface area contributed by atoms with Crippen molar-refractivity contribution in [3.8, 4) is 0 Å². The van der Waals surface area contributed by atoms with Gasteiger partial charge in [0, 0.05) is 30.2 Å². The van der Waals surface area contributed by atoms with Gasteiger partial charge in [0.2, 0.25) is 0 Å². The average Bonchev–Trinajstić information content (AvgIpc) is 2.98. The lowest BCUT2D eigenvalue weighted by Gasteiger charge is -2.54. The molecule has 3 rings (SSSR count). The van der Waals surface area contributed by atoms with Gasteiger partial charge in [0.15, 0.2) is 0 Å². The molecule has 2 fully saturated rings. The second-order valence-corrected chi connectivity index (χ2v) is 7.64. The van der Waals surface area contributed by atoms with E-state index < -0.39 is 0 Å². The molecule has 1 aromatic rings. The third-order valence-corrected chi connectivity index (χ3v) is 5.35. The molecule has 0 spiro atoms. The van der Waals surface area contributed by atoms with Crippen LogP contribution in [0, 0.1) is 17.3 Å². The molecule has 2 amide bonds. The fraction of sp³-hybridized carbons (Fsp3) is 0.667. The first-order valence-corrected chi connectivity index (χ1v) is 8.51. The van der Waals surface area contributed by atoms with Gasteiger partial charge in [-0.3, -0.25) is 4.98 Å². The molecule has 1 saturated heterocycles. The third-order valence-electron chi connectivity index (χ3n) is 5.35. The summed E-state index contributed by atoms with van der Waals surface area (Å²) in [6.07, 6.45) is 3.08. The van der Waals surface area contributed by atoms with Crippen LogP contribution < -0.4 is 10.6 Å². The summed E-state index contributed by atoms with van der Waals surface area (Å²) in [4.78, 5) is 16.9. The van der Waals surface area contributed by atoms with Crippen molar-refractivity contribution in [3.63, 3.8) is 0 Å². The quantitative estimate of drug-likeness (QED) is 0.897. The van der Waals surface area contributed by atoms with E-state index in [0.717, 1.165) is 18.7 Å². The lowest BCUT2D eigenvalue weighted by atomic mass is 9.57. The third kappa shape index (κ3) is 2.94. The summed E-state index contributed by atoms with van der Waals surface area (Å²) in [5.74, 6) is 0.718. The molecule has 0 radical (unpaired) electrons. The second-order valence-electron chi connectivity index (χ2n) is 7.64. The predicted molar refractivity (Wildman–Crippen MR) is 88.9 cm³/mol. The van der Waals surface area contributed by atoms with E-state index in [1.54, 1.807) is 6.20 Å². The molecule has 23 heavy (non-hydrogen) atoms. The molecule has 0 unspecified atom stereocenters. The molecule has 2 heterocycles. The summed E-state index contributed by atoms with van der Waals surface area (Å²) < 4.78 is 5.79. The van der Waals surface area contributed by atoms with Gasteiger partial charge in [0.25, 0.3) is 0 Å². The van der Waals surface area contributed by atoms with Gasteiger partial charge in [0.1, 0.15) is 0 Å². The van der Waals surface area contributed by atoms with Gasteiger partial charge in [-0.2, -0.15) is 0 Å². The van der Waals surface area contributed by atoms with Crippen LogP contribution in [0.15, 0.2) is 24.4 Å². The Morgan fingerprint density at radius 2 is 2.17 bits per heavy atom. The fourth-order valence-corrected chi connectivity index (χ4v) is 4.08. The summed E-state index contributed by atoms with van der Waals surface area (Å²) in [6.45, 7) is 9.33. The number of pyridine rings is 1. The molecular formula is C18H27N3O2. The zero-order chi connectivity index (χ0) is 16.6. The van der Waals surface area contributed by atoms with E-state index in [1.165, 1.54) is 0 Å². The van der Waals surface area contributed by atoms with Gasteiger partial charge >= 0.3 is 6.03 Å². The zero-order valence-corrected chi connectivity index (χ0v) is 14.4. The number of fused-ring (bicyclic) bond motifs is 1. The molecule has 2 N–H and O–H groups in total. The SMILES string of the molecule is CC(C)[C@H](NC(=O)N[C@@H]1[C@H]2CCO[C@@H]2C1(C)C)c1ccccn1. The first-order valence-electron chi connectivity index (χ1n) is 8.51. The Kier molecular flexibility index (Phi) is 4.32. The van der Waals surface area contributed by atoms with Crippen LogP contribution in [-0.4, -0.2) is 29.8 Å². The highest BCUT2D eigenvalue weighted by Gasteiger charge is 2.59. The maximum Gasteiger partial charge on any atom is 0.315 e. The van der Waals surface area contributed by atoms with Gasteiger partial charge in [0.05, 0.1) is 17.8 Å². The predicted octanol–water partition coefficient (Wildman–Crippen LogP) is 2.89. The summed E-state index contributed by atoms with van der Waals surface area (Å²) in [5.41, 5.74) is 0.893. The maximum atomic E-state index is 12.5. The number of ether oxygens (including phenoxy) is 1. The van der Waals surface area contributed by atoms with Crippen molar-refractivity contribution in [3.05, 3.63) is 30.1 Å². The van der Waals surface area contributed by atoms with Crippen LogP contribution in [0.25, 0.3) is 0 Å². The Hall–Kier alpha value is -1.62. The zero-order valence-electron chi connectivity index (χ0n) is 14.4. The molecule has 2 aliphatic rings. The number of rotatable bonds is 4. The van der Waals surface area contributed by atoms with E-state index in [0.29, 0.717) is 5.92 Å². The monoisotopic (exact) mass is 317 g/mol. The van der Waals surface area contributed by atoms with Gasteiger partial charge in [-0.05, 0) is 24.5 Å². The van der Waals surface area contributed by atoms with Crippen molar-refractivity contribution < 1.29 is 9.53 Å². The van der Waals surface area contributed by atoms with Crippen molar-refractivity contribution in [2.45, 2.75) is 52.3 Å². The number of hydrogen-bond acceptors (Lipinski definition) is 3. The fourth-order valence-electron chi connectivity index (χ4n) is 4.08. The average molecular weight is 317 g/mol. The van der Waals surface area contributed by atoms with E-state index in [2.05, 4.69) is 43.3 Å². The minimum absolute atomic E-state index is 0.00314. The van der Waals surface area contributed by atoms with Crippen LogP contribution in [0.4, 0.5) is 4.79 Å². The largest absolute Gasteiger partial charge is 0.377 e. The number of carbonyl (C=O) groups is 1. The maximum absolute atomic E-state index is 12.5. The normalized spacial score (nSPS) is 29.5. The smallest absolute Gasteiger partial charge is 0.315 e. The molecule has 5 heteroatoms. The Morgan fingerprint density at radius 3 is 2.83 bits per heavy atom. The van der Waals surface area contributed by atoms with E-state index in [1.807, 2.05) is 18.2 Å². The van der Waals surface area contributed by atoms with Crippen LogP contribution in [-0.2, 0) is 4.74 Å². The van der Waals surface area contributed by atoms with Crippen molar-refractivity contribution in [1.29, 1.82) is 0 Å². The van der Waals surface area contributed by atoms with E-state index in [4.69, 9.17) is 4.74 Å².